The fraction of sp³-hybridized carbons (Fsp3) is 0.211. The van der Waals surface area contributed by atoms with Crippen molar-refractivity contribution in [1.29, 1.82) is 5.26 Å². The molecule has 6 nitrogen and oxygen atoms in total. The van der Waals surface area contributed by atoms with Crippen LogP contribution in [-0.2, 0) is 6.61 Å². The molecule has 0 radical (unpaired) electrons. The Bertz CT molecular complexity index is 881. The monoisotopic (exact) mass is 334 g/mol. The first-order chi connectivity index (χ1) is 12.1. The normalized spacial score (nSPS) is 11.6. The smallest absolute Gasteiger partial charge is 0.238 e. The average Bonchev–Trinajstić information content (AvgIpc) is 3.08. The summed E-state index contributed by atoms with van der Waals surface area (Å²) in [6, 6.07) is 17.1. The van der Waals surface area contributed by atoms with Crippen molar-refractivity contribution in [2.45, 2.75) is 26.5 Å². The molecule has 1 N–H and O–H groups in total. The second-order valence-corrected chi connectivity index (χ2v) is 5.65. The lowest BCUT2D eigenvalue weighted by Crippen LogP contribution is -2.07. The molecule has 3 aromatic rings. The van der Waals surface area contributed by atoms with Crippen LogP contribution < -0.4 is 10.1 Å². The molecule has 25 heavy (non-hydrogen) atoms. The predicted octanol–water partition coefficient (Wildman–Crippen LogP) is 4.00. The molecule has 0 aliphatic rings. The molecule has 0 spiro atoms. The van der Waals surface area contributed by atoms with Gasteiger partial charge < -0.3 is 14.5 Å². The Kier molecular flexibility index (Phi) is 4.95. The number of nitrogens with one attached hydrogen (secondary N) is 1. The van der Waals surface area contributed by atoms with E-state index in [0.717, 1.165) is 17.0 Å². The fourth-order valence-electron chi connectivity index (χ4n) is 2.34. The summed E-state index contributed by atoms with van der Waals surface area (Å²) in [6.45, 7) is 4.14. The summed E-state index contributed by atoms with van der Waals surface area (Å²) < 4.78 is 11.2. The number of hydrogen-bond donors (Lipinski definition) is 1. The van der Waals surface area contributed by atoms with Crippen molar-refractivity contribution in [2.75, 3.05) is 5.32 Å². The van der Waals surface area contributed by atoms with E-state index < -0.39 is 0 Å². The topological polar surface area (TPSA) is 84.0 Å². The van der Waals surface area contributed by atoms with Crippen LogP contribution >= 0.6 is 0 Å². The third-order valence-corrected chi connectivity index (χ3v) is 3.61. The molecule has 1 atom stereocenters. The average molecular weight is 334 g/mol. The molecule has 1 aromatic heterocycles. The van der Waals surface area contributed by atoms with Crippen molar-refractivity contribution >= 4 is 5.69 Å². The fourth-order valence-corrected chi connectivity index (χ4v) is 2.34. The first kappa shape index (κ1) is 16.5. The number of aromatic nitrogens is 2. The van der Waals surface area contributed by atoms with Crippen molar-refractivity contribution in [2.24, 2.45) is 0 Å². The van der Waals surface area contributed by atoms with Gasteiger partial charge in [0.2, 0.25) is 11.8 Å². The minimum absolute atomic E-state index is 0.0818. The van der Waals surface area contributed by atoms with Gasteiger partial charge in [-0.1, -0.05) is 12.1 Å². The quantitative estimate of drug-likeness (QED) is 0.733. The molecule has 2 aromatic carbocycles. The van der Waals surface area contributed by atoms with Gasteiger partial charge >= 0.3 is 0 Å². The van der Waals surface area contributed by atoms with E-state index >= 15 is 0 Å². The molecule has 0 bridgehead atoms. The first-order valence-corrected chi connectivity index (χ1v) is 7.92. The SMILES string of the molecule is Cc1nnc([C@@H](C)Nc2ccc(OCc3cccc(C#N)c3)cc2)o1. The zero-order valence-electron chi connectivity index (χ0n) is 14.1. The summed E-state index contributed by atoms with van der Waals surface area (Å²) in [4.78, 5) is 0. The second kappa shape index (κ2) is 7.49. The molecule has 0 aliphatic heterocycles. The Labute approximate surface area is 146 Å². The Balaban J connectivity index is 1.57. The molecule has 0 amide bonds. The summed E-state index contributed by atoms with van der Waals surface area (Å²) in [7, 11) is 0. The lowest BCUT2D eigenvalue weighted by Gasteiger charge is -2.12. The van der Waals surface area contributed by atoms with E-state index in [-0.39, 0.29) is 6.04 Å². The highest BCUT2D eigenvalue weighted by atomic mass is 16.5. The number of anilines is 1. The van der Waals surface area contributed by atoms with E-state index in [1.165, 1.54) is 0 Å². The zero-order chi connectivity index (χ0) is 17.6. The lowest BCUT2D eigenvalue weighted by molar-refractivity contribution is 0.306. The van der Waals surface area contributed by atoms with Gasteiger partial charge in [-0.25, -0.2) is 0 Å². The first-order valence-electron chi connectivity index (χ1n) is 7.92. The zero-order valence-corrected chi connectivity index (χ0v) is 14.1. The molecule has 3 rings (SSSR count). The maximum atomic E-state index is 8.92. The molecule has 1 heterocycles. The van der Waals surface area contributed by atoms with Crippen LogP contribution in [0.3, 0.4) is 0 Å². The van der Waals surface area contributed by atoms with Gasteiger partial charge in [0, 0.05) is 12.6 Å². The van der Waals surface area contributed by atoms with Gasteiger partial charge in [-0.2, -0.15) is 5.26 Å². The molecule has 0 unspecified atom stereocenters. The summed E-state index contributed by atoms with van der Waals surface area (Å²) in [5.74, 6) is 1.86. The van der Waals surface area contributed by atoms with Gasteiger partial charge in [0.25, 0.3) is 0 Å². The van der Waals surface area contributed by atoms with Crippen LogP contribution in [0.2, 0.25) is 0 Å². The van der Waals surface area contributed by atoms with Crippen molar-refractivity contribution < 1.29 is 9.15 Å². The molecular formula is C19H18N4O2. The Morgan fingerprint density at radius 3 is 2.68 bits per heavy atom. The molecule has 126 valence electrons. The highest BCUT2D eigenvalue weighted by Gasteiger charge is 2.12. The lowest BCUT2D eigenvalue weighted by atomic mass is 10.1. The van der Waals surface area contributed by atoms with E-state index in [4.69, 9.17) is 14.4 Å². The maximum absolute atomic E-state index is 8.92. The van der Waals surface area contributed by atoms with Crippen LogP contribution in [-0.4, -0.2) is 10.2 Å². The van der Waals surface area contributed by atoms with Crippen LogP contribution in [0.5, 0.6) is 5.75 Å². The standard InChI is InChI=1S/C19H18N4O2/c1-13(19-23-22-14(2)25-19)21-17-6-8-18(9-7-17)24-12-16-5-3-4-15(10-16)11-20/h3-10,13,21H,12H2,1-2H3/t13-/m1/s1. The molecule has 6 heteroatoms. The van der Waals surface area contributed by atoms with E-state index in [2.05, 4.69) is 21.6 Å². The number of nitriles is 1. The number of nitrogens with zero attached hydrogens (tertiary/aromatic N) is 3. The molecule has 0 aliphatic carbocycles. The maximum Gasteiger partial charge on any atom is 0.238 e. The van der Waals surface area contributed by atoms with E-state index in [0.29, 0.717) is 24.0 Å². The summed E-state index contributed by atoms with van der Waals surface area (Å²) in [5, 5.41) is 20.1. The van der Waals surface area contributed by atoms with Crippen LogP contribution in [0.1, 0.15) is 35.9 Å². The van der Waals surface area contributed by atoms with Crippen molar-refractivity contribution in [3.63, 3.8) is 0 Å². The van der Waals surface area contributed by atoms with Gasteiger partial charge in [0.1, 0.15) is 18.4 Å². The van der Waals surface area contributed by atoms with Gasteiger partial charge in [-0.15, -0.1) is 10.2 Å². The molecule has 0 saturated heterocycles. The number of benzene rings is 2. The third kappa shape index (κ3) is 4.36. The van der Waals surface area contributed by atoms with Gasteiger partial charge in [0.15, 0.2) is 0 Å². The van der Waals surface area contributed by atoms with Gasteiger partial charge in [-0.3, -0.25) is 0 Å². The summed E-state index contributed by atoms with van der Waals surface area (Å²) in [5.41, 5.74) is 2.52. The summed E-state index contributed by atoms with van der Waals surface area (Å²) in [6.07, 6.45) is 0. The van der Waals surface area contributed by atoms with E-state index in [9.17, 15) is 0 Å². The second-order valence-electron chi connectivity index (χ2n) is 5.65. The number of rotatable bonds is 6. The molecular weight excluding hydrogens is 316 g/mol. The number of aryl methyl sites for hydroxylation is 1. The highest BCUT2D eigenvalue weighted by molar-refractivity contribution is 5.47. The van der Waals surface area contributed by atoms with Crippen LogP contribution in [0.25, 0.3) is 0 Å². The van der Waals surface area contributed by atoms with Gasteiger partial charge in [-0.05, 0) is 48.9 Å². The minimum atomic E-state index is -0.0818. The van der Waals surface area contributed by atoms with Crippen molar-refractivity contribution in [1.82, 2.24) is 10.2 Å². The van der Waals surface area contributed by atoms with Crippen LogP contribution in [0, 0.1) is 18.3 Å². The predicted molar refractivity (Wildman–Crippen MR) is 93.0 cm³/mol. The van der Waals surface area contributed by atoms with Crippen LogP contribution in [0.4, 0.5) is 5.69 Å². The van der Waals surface area contributed by atoms with Crippen molar-refractivity contribution in [3.8, 4) is 11.8 Å². The van der Waals surface area contributed by atoms with Crippen LogP contribution in [0.15, 0.2) is 52.9 Å². The largest absolute Gasteiger partial charge is 0.489 e. The Morgan fingerprint density at radius 2 is 2.00 bits per heavy atom. The van der Waals surface area contributed by atoms with Crippen molar-refractivity contribution in [3.05, 3.63) is 71.4 Å². The number of ether oxygens (including phenoxy) is 1. The van der Waals surface area contributed by atoms with Gasteiger partial charge in [0.05, 0.1) is 11.6 Å². The summed E-state index contributed by atoms with van der Waals surface area (Å²) >= 11 is 0. The molecule has 0 fully saturated rings. The Hall–Kier alpha value is -3.33. The number of hydrogen-bond acceptors (Lipinski definition) is 6. The van der Waals surface area contributed by atoms with E-state index in [1.54, 1.807) is 13.0 Å². The Morgan fingerprint density at radius 1 is 1.20 bits per heavy atom. The molecule has 0 saturated carbocycles. The minimum Gasteiger partial charge on any atom is -0.489 e. The highest BCUT2D eigenvalue weighted by Crippen LogP contribution is 2.21. The third-order valence-electron chi connectivity index (χ3n) is 3.61. The van der Waals surface area contributed by atoms with E-state index in [1.807, 2.05) is 49.4 Å².